The number of nitrogens with two attached hydrogens (primary N) is 1. The summed E-state index contributed by atoms with van der Waals surface area (Å²) in [5, 5.41) is 2.72. The highest BCUT2D eigenvalue weighted by Gasteiger charge is 2.42. The number of nitrogens with zero attached hydrogens (tertiary/aromatic N) is 1. The number of benzene rings is 1. The fourth-order valence-corrected chi connectivity index (χ4v) is 4.44. The van der Waals surface area contributed by atoms with E-state index in [0.717, 1.165) is 6.07 Å². The molecule has 1 aliphatic carbocycles. The summed E-state index contributed by atoms with van der Waals surface area (Å²) in [6, 6.07) is 2.53. The van der Waals surface area contributed by atoms with Crippen molar-refractivity contribution >= 4 is 23.4 Å². The second-order valence-corrected chi connectivity index (χ2v) is 8.38. The molecule has 1 aliphatic heterocycles. The Morgan fingerprint density at radius 1 is 1.22 bits per heavy atom. The molecule has 3 rings (SSSR count). The molecule has 2 aliphatic rings. The van der Waals surface area contributed by atoms with Crippen LogP contribution >= 0.6 is 11.6 Å². The molecule has 0 aromatic heterocycles. The van der Waals surface area contributed by atoms with Gasteiger partial charge in [-0.2, -0.15) is 0 Å². The topological polar surface area (TPSA) is 93.9 Å². The molecule has 0 spiro atoms. The monoisotopic (exact) mass is 481 g/mol. The molecule has 1 aromatic rings. The van der Waals surface area contributed by atoms with Gasteiger partial charge in [-0.05, 0) is 44.2 Å². The van der Waals surface area contributed by atoms with Gasteiger partial charge in [0.05, 0.1) is 17.2 Å². The minimum Gasteiger partial charge on any atom is -0.484 e. The van der Waals surface area contributed by atoms with Crippen LogP contribution in [0, 0.1) is 5.82 Å². The minimum absolute atomic E-state index is 0.0668. The number of nitrogens with one attached hydrogen (secondary N) is 1. The molecule has 0 radical (unpaired) electrons. The van der Waals surface area contributed by atoms with Crippen LogP contribution in [0.2, 0.25) is 5.02 Å². The molecule has 1 saturated heterocycles. The van der Waals surface area contributed by atoms with Gasteiger partial charge in [0.1, 0.15) is 11.6 Å². The number of amides is 2. The van der Waals surface area contributed by atoms with Crippen LogP contribution in [0.5, 0.6) is 5.75 Å². The number of piperidine rings is 1. The van der Waals surface area contributed by atoms with Crippen molar-refractivity contribution in [2.75, 3.05) is 13.2 Å². The van der Waals surface area contributed by atoms with E-state index < -0.39 is 36.1 Å². The van der Waals surface area contributed by atoms with Crippen LogP contribution in [-0.2, 0) is 14.3 Å². The second kappa shape index (κ2) is 10.2. The predicted octanol–water partition coefficient (Wildman–Crippen LogP) is 2.75. The van der Waals surface area contributed by atoms with Crippen molar-refractivity contribution in [3.63, 3.8) is 0 Å². The summed E-state index contributed by atoms with van der Waals surface area (Å²) in [6.07, 6.45) is -4.09. The van der Waals surface area contributed by atoms with Crippen LogP contribution in [0.4, 0.5) is 17.6 Å². The maximum absolute atomic E-state index is 13.5. The first-order valence-electron chi connectivity index (χ1n) is 10.2. The van der Waals surface area contributed by atoms with Gasteiger partial charge in [-0.3, -0.25) is 19.2 Å². The second-order valence-electron chi connectivity index (χ2n) is 7.97. The first-order chi connectivity index (χ1) is 15.0. The Balaban J connectivity index is 1.55. The number of likely N-dealkylation sites (tertiary alicyclic amines) is 1. The van der Waals surface area contributed by atoms with Crippen LogP contribution in [0.1, 0.15) is 32.1 Å². The molecule has 1 saturated carbocycles. The first kappa shape index (κ1) is 24.5. The molecule has 32 heavy (non-hydrogen) atoms. The molecule has 1 aromatic carbocycles. The molecule has 178 valence electrons. The van der Waals surface area contributed by atoms with E-state index in [0.29, 0.717) is 19.3 Å². The predicted molar refractivity (Wildman–Crippen MR) is 106 cm³/mol. The average molecular weight is 482 g/mol. The van der Waals surface area contributed by atoms with E-state index in [9.17, 15) is 27.2 Å². The third-order valence-electron chi connectivity index (χ3n) is 5.70. The lowest BCUT2D eigenvalue weighted by Crippen LogP contribution is -2.58. The summed E-state index contributed by atoms with van der Waals surface area (Å²) in [5.74, 6) is -1.53. The van der Waals surface area contributed by atoms with Gasteiger partial charge in [0.15, 0.2) is 6.61 Å². The van der Waals surface area contributed by atoms with Crippen LogP contribution in [0.3, 0.4) is 0 Å². The van der Waals surface area contributed by atoms with Crippen molar-refractivity contribution in [2.24, 2.45) is 5.73 Å². The fraction of sp³-hybridized carbons (Fsp3) is 0.600. The summed E-state index contributed by atoms with van der Waals surface area (Å²) in [4.78, 5) is 25.9. The smallest absolute Gasteiger partial charge is 0.484 e. The maximum Gasteiger partial charge on any atom is 0.522 e. The highest BCUT2D eigenvalue weighted by molar-refractivity contribution is 6.30. The molecule has 12 heteroatoms. The Morgan fingerprint density at radius 3 is 2.62 bits per heavy atom. The lowest BCUT2D eigenvalue weighted by molar-refractivity contribution is -0.341. The van der Waals surface area contributed by atoms with E-state index in [2.05, 4.69) is 10.1 Å². The van der Waals surface area contributed by atoms with Gasteiger partial charge in [-0.15, -0.1) is 13.2 Å². The SMILES string of the molecule is NC(=O)C1CCC(NC(=O)COc2ccc(Cl)c(F)c2)CN1C1CCC(OC(F)(F)F)C1. The van der Waals surface area contributed by atoms with Crippen LogP contribution in [0.15, 0.2) is 18.2 Å². The van der Waals surface area contributed by atoms with Crippen molar-refractivity contribution in [1.29, 1.82) is 0 Å². The number of hydrogen-bond acceptors (Lipinski definition) is 5. The van der Waals surface area contributed by atoms with Crippen molar-refractivity contribution in [3.05, 3.63) is 29.0 Å². The van der Waals surface area contributed by atoms with Crippen molar-refractivity contribution in [2.45, 2.75) is 62.7 Å². The number of hydrogen-bond donors (Lipinski definition) is 2. The van der Waals surface area contributed by atoms with Gasteiger partial charge >= 0.3 is 6.36 Å². The first-order valence-corrected chi connectivity index (χ1v) is 10.6. The average Bonchev–Trinajstić information content (AvgIpc) is 3.15. The lowest BCUT2D eigenvalue weighted by Gasteiger charge is -2.41. The number of primary amides is 1. The fourth-order valence-electron chi connectivity index (χ4n) is 4.32. The van der Waals surface area contributed by atoms with Gasteiger partial charge in [0.25, 0.3) is 5.91 Å². The zero-order chi connectivity index (χ0) is 23.5. The summed E-state index contributed by atoms with van der Waals surface area (Å²) in [5.41, 5.74) is 5.50. The van der Waals surface area contributed by atoms with Crippen LogP contribution in [0.25, 0.3) is 0 Å². The number of carbonyl (C=O) groups excluding carboxylic acids is 2. The molecule has 4 atom stereocenters. The van der Waals surface area contributed by atoms with Crippen LogP contribution < -0.4 is 15.8 Å². The summed E-state index contributed by atoms with van der Waals surface area (Å²) < 4.78 is 60.4. The molecule has 2 fully saturated rings. The molecule has 4 unspecified atom stereocenters. The molecule has 0 bridgehead atoms. The number of ether oxygens (including phenoxy) is 2. The van der Waals surface area contributed by atoms with Crippen molar-refractivity contribution in [3.8, 4) is 5.75 Å². The van der Waals surface area contributed by atoms with Gasteiger partial charge in [-0.1, -0.05) is 11.6 Å². The third kappa shape index (κ3) is 6.69. The standard InChI is InChI=1S/C20H24ClF4N3O4/c21-15-5-4-13(8-16(15)22)31-10-18(29)27-11-1-6-17(19(26)30)28(9-11)12-2-3-14(7-12)32-20(23,24)25/h4-5,8,11-12,14,17H,1-3,6-7,9-10H2,(H2,26,30)(H,27,29). The number of alkyl halides is 3. The molecule has 1 heterocycles. The van der Waals surface area contributed by atoms with E-state index in [4.69, 9.17) is 22.1 Å². The number of rotatable bonds is 7. The summed E-state index contributed by atoms with van der Waals surface area (Å²) in [7, 11) is 0. The lowest BCUT2D eigenvalue weighted by atomic mass is 9.95. The van der Waals surface area contributed by atoms with Gasteiger partial charge in [0, 0.05) is 24.7 Å². The van der Waals surface area contributed by atoms with E-state index in [1.807, 2.05) is 0 Å². The number of carbonyl (C=O) groups is 2. The maximum atomic E-state index is 13.5. The van der Waals surface area contributed by atoms with Gasteiger partial charge < -0.3 is 15.8 Å². The Morgan fingerprint density at radius 2 is 1.97 bits per heavy atom. The molecule has 7 nitrogen and oxygen atoms in total. The molecule has 3 N–H and O–H groups in total. The van der Waals surface area contributed by atoms with E-state index in [-0.39, 0.29) is 48.8 Å². The zero-order valence-corrected chi connectivity index (χ0v) is 17.8. The Labute approximate surface area is 187 Å². The van der Waals surface area contributed by atoms with E-state index in [1.54, 1.807) is 4.90 Å². The van der Waals surface area contributed by atoms with Crippen LogP contribution in [-0.4, -0.2) is 60.5 Å². The highest BCUT2D eigenvalue weighted by Crippen LogP contribution is 2.34. The number of halogens is 5. The Kier molecular flexibility index (Phi) is 7.84. The summed E-state index contributed by atoms with van der Waals surface area (Å²) in [6.45, 7) is -0.0972. The molecular formula is C20H24ClF4N3O4. The Hall–Kier alpha value is -2.11. The summed E-state index contributed by atoms with van der Waals surface area (Å²) >= 11 is 5.60. The minimum atomic E-state index is -4.71. The largest absolute Gasteiger partial charge is 0.522 e. The molecule has 2 amide bonds. The highest BCUT2D eigenvalue weighted by atomic mass is 35.5. The molecular weight excluding hydrogens is 458 g/mol. The normalized spacial score (nSPS) is 26.7. The van der Waals surface area contributed by atoms with Crippen molar-refractivity contribution in [1.82, 2.24) is 10.2 Å². The van der Waals surface area contributed by atoms with E-state index >= 15 is 0 Å². The quantitative estimate of drug-likeness (QED) is 0.584. The zero-order valence-electron chi connectivity index (χ0n) is 17.0. The van der Waals surface area contributed by atoms with E-state index in [1.165, 1.54) is 12.1 Å². The van der Waals surface area contributed by atoms with Crippen molar-refractivity contribution < 1.29 is 36.6 Å². The Bertz CT molecular complexity index is 842. The van der Waals surface area contributed by atoms with Gasteiger partial charge in [-0.25, -0.2) is 4.39 Å². The van der Waals surface area contributed by atoms with Gasteiger partial charge in [0.2, 0.25) is 5.91 Å². The third-order valence-corrected chi connectivity index (χ3v) is 6.01.